The van der Waals surface area contributed by atoms with Crippen LogP contribution in [0.15, 0.2) is 46.2 Å². The molecule has 1 N–H and O–H groups in total. The summed E-state index contributed by atoms with van der Waals surface area (Å²) in [6.07, 6.45) is 4.17. The van der Waals surface area contributed by atoms with Crippen LogP contribution in [0.4, 0.5) is 0 Å². The summed E-state index contributed by atoms with van der Waals surface area (Å²) in [5, 5.41) is 4.98. The number of oxazole rings is 1. The lowest BCUT2D eigenvalue weighted by Crippen LogP contribution is -2.36. The van der Waals surface area contributed by atoms with E-state index in [0.29, 0.717) is 29.9 Å². The summed E-state index contributed by atoms with van der Waals surface area (Å²) >= 11 is 1.58. The Labute approximate surface area is 182 Å². The highest BCUT2D eigenvalue weighted by atomic mass is 32.1. The number of nitrogens with zero attached hydrogens (tertiary/aromatic N) is 2. The van der Waals surface area contributed by atoms with Crippen LogP contribution >= 0.6 is 11.3 Å². The summed E-state index contributed by atoms with van der Waals surface area (Å²) < 4.78 is 5.72. The highest BCUT2D eigenvalue weighted by Gasteiger charge is 2.18. The van der Waals surface area contributed by atoms with E-state index in [-0.39, 0.29) is 12.3 Å². The minimum Gasteiger partial charge on any atom is -0.440 e. The summed E-state index contributed by atoms with van der Waals surface area (Å²) in [5.74, 6) is 1.24. The molecular formula is C24H29N3O2S. The standard InChI is InChI=1S/C24H29N3O2S/c1-17-6-3-4-12-27(17)16-20-10-8-19(9-11-20)15-25-23(28)14-21-18(2)29-24(26-21)22-7-5-13-30-22/h5,7-11,13,17H,3-4,6,12,14-16H2,1-2H3,(H,25,28). The van der Waals surface area contributed by atoms with E-state index in [4.69, 9.17) is 4.42 Å². The second kappa shape index (κ2) is 9.58. The minimum absolute atomic E-state index is 0.0460. The quantitative estimate of drug-likeness (QED) is 0.584. The van der Waals surface area contributed by atoms with Gasteiger partial charge in [0.25, 0.3) is 0 Å². The van der Waals surface area contributed by atoms with Gasteiger partial charge in [0.05, 0.1) is 17.0 Å². The molecule has 5 nitrogen and oxygen atoms in total. The monoisotopic (exact) mass is 423 g/mol. The number of hydrogen-bond acceptors (Lipinski definition) is 5. The number of piperidine rings is 1. The first kappa shape index (κ1) is 20.8. The van der Waals surface area contributed by atoms with Crippen LogP contribution in [0.5, 0.6) is 0 Å². The Morgan fingerprint density at radius 2 is 2.03 bits per heavy atom. The number of carbonyl (C=O) groups is 1. The highest BCUT2D eigenvalue weighted by molar-refractivity contribution is 7.13. The number of likely N-dealkylation sites (tertiary alicyclic amines) is 1. The van der Waals surface area contributed by atoms with Crippen molar-refractivity contribution in [1.29, 1.82) is 0 Å². The number of amides is 1. The molecule has 0 bridgehead atoms. The molecule has 158 valence electrons. The lowest BCUT2D eigenvalue weighted by atomic mass is 10.0. The lowest BCUT2D eigenvalue weighted by Gasteiger charge is -2.33. The Kier molecular flexibility index (Phi) is 6.65. The fourth-order valence-corrected chi connectivity index (χ4v) is 4.55. The van der Waals surface area contributed by atoms with Gasteiger partial charge in [0.2, 0.25) is 11.8 Å². The van der Waals surface area contributed by atoms with E-state index in [0.717, 1.165) is 17.0 Å². The van der Waals surface area contributed by atoms with E-state index in [2.05, 4.69) is 46.4 Å². The summed E-state index contributed by atoms with van der Waals surface area (Å²) in [6, 6.07) is 13.2. The number of carbonyl (C=O) groups excluding carboxylic acids is 1. The Morgan fingerprint density at radius 1 is 1.23 bits per heavy atom. The first-order valence-corrected chi connectivity index (χ1v) is 11.5. The van der Waals surface area contributed by atoms with Gasteiger partial charge in [-0.05, 0) is 55.8 Å². The van der Waals surface area contributed by atoms with Gasteiger partial charge in [-0.3, -0.25) is 9.69 Å². The van der Waals surface area contributed by atoms with Gasteiger partial charge in [-0.1, -0.05) is 36.8 Å². The van der Waals surface area contributed by atoms with Crippen molar-refractivity contribution >= 4 is 17.2 Å². The predicted octanol–water partition coefficient (Wildman–Crippen LogP) is 4.94. The average molecular weight is 424 g/mol. The first-order valence-electron chi connectivity index (χ1n) is 10.7. The molecular weight excluding hydrogens is 394 g/mol. The molecule has 1 saturated heterocycles. The molecule has 1 unspecified atom stereocenters. The molecule has 3 heterocycles. The van der Waals surface area contributed by atoms with Crippen molar-refractivity contribution in [2.24, 2.45) is 0 Å². The SMILES string of the molecule is Cc1oc(-c2cccs2)nc1CC(=O)NCc1ccc(CN2CCCCC2C)cc1. The topological polar surface area (TPSA) is 58.4 Å². The molecule has 0 aliphatic carbocycles. The van der Waals surface area contributed by atoms with Gasteiger partial charge in [0.1, 0.15) is 5.76 Å². The van der Waals surface area contributed by atoms with Crippen LogP contribution in [0.2, 0.25) is 0 Å². The van der Waals surface area contributed by atoms with Crippen LogP contribution in [-0.4, -0.2) is 28.4 Å². The maximum atomic E-state index is 12.4. The summed E-state index contributed by atoms with van der Waals surface area (Å²) in [6.45, 7) is 6.89. The van der Waals surface area contributed by atoms with Crippen molar-refractivity contribution in [2.75, 3.05) is 6.54 Å². The van der Waals surface area contributed by atoms with Gasteiger partial charge in [0, 0.05) is 19.1 Å². The average Bonchev–Trinajstić information content (AvgIpc) is 3.40. The number of aromatic nitrogens is 1. The van der Waals surface area contributed by atoms with Crippen molar-refractivity contribution < 1.29 is 9.21 Å². The molecule has 0 radical (unpaired) electrons. The van der Waals surface area contributed by atoms with E-state index in [9.17, 15) is 4.79 Å². The second-order valence-electron chi connectivity index (χ2n) is 8.08. The van der Waals surface area contributed by atoms with Crippen LogP contribution in [-0.2, 0) is 24.3 Å². The van der Waals surface area contributed by atoms with Crippen LogP contribution < -0.4 is 5.32 Å². The molecule has 4 rings (SSSR count). The Bertz CT molecular complexity index is 963. The molecule has 30 heavy (non-hydrogen) atoms. The zero-order valence-electron chi connectivity index (χ0n) is 17.7. The smallest absolute Gasteiger partial charge is 0.236 e. The fraction of sp³-hybridized carbons (Fsp3) is 0.417. The Hall–Kier alpha value is -2.44. The number of aryl methyl sites for hydroxylation is 1. The predicted molar refractivity (Wildman–Crippen MR) is 120 cm³/mol. The molecule has 1 atom stereocenters. The molecule has 2 aromatic heterocycles. The van der Waals surface area contributed by atoms with Gasteiger partial charge in [0.15, 0.2) is 0 Å². The first-order chi connectivity index (χ1) is 14.6. The zero-order valence-corrected chi connectivity index (χ0v) is 18.5. The van der Waals surface area contributed by atoms with Crippen molar-refractivity contribution in [1.82, 2.24) is 15.2 Å². The molecule has 0 saturated carbocycles. The minimum atomic E-state index is -0.0460. The van der Waals surface area contributed by atoms with Gasteiger partial charge >= 0.3 is 0 Å². The maximum Gasteiger partial charge on any atom is 0.236 e. The molecule has 1 amide bonds. The fourth-order valence-electron chi connectivity index (χ4n) is 3.90. The molecule has 1 fully saturated rings. The summed E-state index contributed by atoms with van der Waals surface area (Å²) in [4.78, 5) is 20.4. The highest BCUT2D eigenvalue weighted by Crippen LogP contribution is 2.26. The van der Waals surface area contributed by atoms with E-state index in [1.165, 1.54) is 31.4 Å². The van der Waals surface area contributed by atoms with Crippen molar-refractivity contribution in [2.45, 2.75) is 58.7 Å². The number of nitrogens with one attached hydrogen (secondary N) is 1. The van der Waals surface area contributed by atoms with Crippen LogP contribution in [0.1, 0.15) is 48.8 Å². The maximum absolute atomic E-state index is 12.4. The molecule has 1 aliphatic rings. The van der Waals surface area contributed by atoms with Gasteiger partial charge in [-0.25, -0.2) is 4.98 Å². The van der Waals surface area contributed by atoms with Gasteiger partial charge in [-0.15, -0.1) is 11.3 Å². The Morgan fingerprint density at radius 3 is 2.77 bits per heavy atom. The molecule has 6 heteroatoms. The van der Waals surface area contributed by atoms with Crippen LogP contribution in [0.3, 0.4) is 0 Å². The van der Waals surface area contributed by atoms with Crippen molar-refractivity contribution in [3.63, 3.8) is 0 Å². The third-order valence-corrected chi connectivity index (χ3v) is 6.65. The molecule has 1 aliphatic heterocycles. The van der Waals surface area contributed by atoms with E-state index in [1.807, 2.05) is 24.4 Å². The number of thiophene rings is 1. The number of rotatable bonds is 7. The second-order valence-corrected chi connectivity index (χ2v) is 9.03. The van der Waals surface area contributed by atoms with Crippen molar-refractivity contribution in [3.8, 4) is 10.8 Å². The largest absolute Gasteiger partial charge is 0.440 e. The van der Waals surface area contributed by atoms with E-state index < -0.39 is 0 Å². The van der Waals surface area contributed by atoms with Crippen LogP contribution in [0, 0.1) is 6.92 Å². The third-order valence-electron chi connectivity index (χ3n) is 5.79. The van der Waals surface area contributed by atoms with E-state index >= 15 is 0 Å². The lowest BCUT2D eigenvalue weighted by molar-refractivity contribution is -0.120. The van der Waals surface area contributed by atoms with Crippen LogP contribution in [0.25, 0.3) is 10.8 Å². The van der Waals surface area contributed by atoms with E-state index in [1.54, 1.807) is 11.3 Å². The normalized spacial score (nSPS) is 17.2. The summed E-state index contributed by atoms with van der Waals surface area (Å²) in [5.41, 5.74) is 3.13. The molecule has 0 spiro atoms. The molecule has 3 aromatic rings. The zero-order chi connectivity index (χ0) is 20.9. The number of benzene rings is 1. The third kappa shape index (κ3) is 5.18. The van der Waals surface area contributed by atoms with Gasteiger partial charge < -0.3 is 9.73 Å². The Balaban J connectivity index is 1.28. The van der Waals surface area contributed by atoms with Crippen molar-refractivity contribution in [3.05, 3.63) is 64.4 Å². The van der Waals surface area contributed by atoms with Gasteiger partial charge in [-0.2, -0.15) is 0 Å². The number of hydrogen-bond donors (Lipinski definition) is 1. The molecule has 1 aromatic carbocycles. The summed E-state index contributed by atoms with van der Waals surface area (Å²) in [7, 11) is 0.